The highest BCUT2D eigenvalue weighted by Crippen LogP contribution is 2.19. The lowest BCUT2D eigenvalue weighted by Crippen LogP contribution is -2.26. The molecule has 0 saturated carbocycles. The first kappa shape index (κ1) is 15.2. The number of ether oxygens (including phenoxy) is 1. The smallest absolute Gasteiger partial charge is 0.339 e. The summed E-state index contributed by atoms with van der Waals surface area (Å²) in [5, 5.41) is 0. The van der Waals surface area contributed by atoms with E-state index in [9.17, 15) is 14.4 Å². The second kappa shape index (κ2) is 6.53. The van der Waals surface area contributed by atoms with Gasteiger partial charge in [0.2, 0.25) is 12.0 Å². The minimum absolute atomic E-state index is 0.187. The Bertz CT molecular complexity index is 696. The number of esters is 1. The Morgan fingerprint density at radius 1 is 0.818 bits per heavy atom. The summed E-state index contributed by atoms with van der Waals surface area (Å²) in [7, 11) is 0. The van der Waals surface area contributed by atoms with Gasteiger partial charge in [-0.3, -0.25) is 9.59 Å². The lowest BCUT2D eigenvalue weighted by Gasteiger charge is -2.15. The number of carbonyl (C=O) groups excluding carboxylic acids is 3. The molecule has 4 N–H and O–H groups in total. The largest absolute Gasteiger partial charge is 0.444 e. The van der Waals surface area contributed by atoms with Crippen molar-refractivity contribution in [3.8, 4) is 0 Å². The zero-order valence-corrected chi connectivity index (χ0v) is 11.6. The van der Waals surface area contributed by atoms with E-state index in [1.165, 1.54) is 24.3 Å². The fourth-order valence-corrected chi connectivity index (χ4v) is 1.86. The average molecular weight is 298 g/mol. The highest BCUT2D eigenvalue weighted by atomic mass is 16.5. The number of amides is 2. The van der Waals surface area contributed by atoms with Crippen LogP contribution in [-0.2, 0) is 9.53 Å². The molecular formula is C16H14N2O4. The molecule has 0 aliphatic rings. The zero-order valence-electron chi connectivity index (χ0n) is 11.6. The predicted octanol–water partition coefficient (Wildman–Crippen LogP) is 1.17. The maximum atomic E-state index is 12.1. The van der Waals surface area contributed by atoms with Gasteiger partial charge in [0.1, 0.15) is 0 Å². The molecule has 0 unspecified atom stereocenters. The highest BCUT2D eigenvalue weighted by molar-refractivity contribution is 5.96. The molecule has 0 bridgehead atoms. The number of benzene rings is 2. The Kier molecular flexibility index (Phi) is 4.53. The average Bonchev–Trinajstić information content (AvgIpc) is 2.53. The fourth-order valence-electron chi connectivity index (χ4n) is 1.86. The maximum Gasteiger partial charge on any atom is 0.339 e. The number of primary amides is 2. The van der Waals surface area contributed by atoms with E-state index in [0.29, 0.717) is 5.56 Å². The monoisotopic (exact) mass is 298 g/mol. The minimum Gasteiger partial charge on any atom is -0.444 e. The quantitative estimate of drug-likeness (QED) is 0.806. The summed E-state index contributed by atoms with van der Waals surface area (Å²) in [4.78, 5) is 34.5. The third kappa shape index (κ3) is 3.49. The van der Waals surface area contributed by atoms with E-state index in [1.807, 2.05) is 0 Å². The van der Waals surface area contributed by atoms with E-state index in [4.69, 9.17) is 16.2 Å². The van der Waals surface area contributed by atoms with Crippen molar-refractivity contribution in [1.29, 1.82) is 0 Å². The van der Waals surface area contributed by atoms with Crippen LogP contribution >= 0.6 is 0 Å². The van der Waals surface area contributed by atoms with Crippen LogP contribution in [-0.4, -0.2) is 17.8 Å². The maximum absolute atomic E-state index is 12.1. The summed E-state index contributed by atoms with van der Waals surface area (Å²) in [5.41, 5.74) is 11.3. The van der Waals surface area contributed by atoms with Crippen LogP contribution in [0.25, 0.3) is 0 Å². The van der Waals surface area contributed by atoms with Crippen molar-refractivity contribution in [1.82, 2.24) is 0 Å². The summed E-state index contributed by atoms with van der Waals surface area (Å²) in [6, 6.07) is 14.1. The predicted molar refractivity (Wildman–Crippen MR) is 78.8 cm³/mol. The molecule has 0 radical (unpaired) electrons. The van der Waals surface area contributed by atoms with Crippen LogP contribution in [0.4, 0.5) is 0 Å². The molecule has 0 aliphatic heterocycles. The van der Waals surface area contributed by atoms with Gasteiger partial charge in [-0.2, -0.15) is 0 Å². The van der Waals surface area contributed by atoms with Gasteiger partial charge in [-0.15, -0.1) is 0 Å². The van der Waals surface area contributed by atoms with E-state index in [-0.39, 0.29) is 11.1 Å². The zero-order chi connectivity index (χ0) is 16.1. The van der Waals surface area contributed by atoms with Crippen molar-refractivity contribution < 1.29 is 19.1 Å². The molecule has 6 nitrogen and oxygen atoms in total. The van der Waals surface area contributed by atoms with Gasteiger partial charge >= 0.3 is 5.97 Å². The summed E-state index contributed by atoms with van der Waals surface area (Å²) in [6.07, 6.45) is -1.18. The Morgan fingerprint density at radius 2 is 1.36 bits per heavy atom. The molecule has 0 aliphatic carbocycles. The Hall–Kier alpha value is -3.15. The fraction of sp³-hybridized carbons (Fsp3) is 0.0625. The van der Waals surface area contributed by atoms with Crippen LogP contribution < -0.4 is 11.5 Å². The van der Waals surface area contributed by atoms with Gasteiger partial charge in [0.15, 0.2) is 0 Å². The first-order chi connectivity index (χ1) is 10.5. The number of rotatable bonds is 5. The van der Waals surface area contributed by atoms with Crippen molar-refractivity contribution in [2.24, 2.45) is 11.5 Å². The molecule has 0 heterocycles. The van der Waals surface area contributed by atoms with Gasteiger partial charge in [0.05, 0.1) is 5.56 Å². The van der Waals surface area contributed by atoms with Crippen LogP contribution in [0, 0.1) is 0 Å². The highest BCUT2D eigenvalue weighted by Gasteiger charge is 2.23. The second-order valence-corrected chi connectivity index (χ2v) is 4.54. The van der Waals surface area contributed by atoms with E-state index in [0.717, 1.165) is 0 Å². The molecular weight excluding hydrogens is 284 g/mol. The van der Waals surface area contributed by atoms with E-state index >= 15 is 0 Å². The summed E-state index contributed by atoms with van der Waals surface area (Å²) < 4.78 is 5.15. The normalized spacial score (nSPS) is 11.5. The topological polar surface area (TPSA) is 112 Å². The third-order valence-corrected chi connectivity index (χ3v) is 2.99. The molecule has 2 amide bonds. The molecule has 0 saturated heterocycles. The number of nitrogens with two attached hydrogens (primary N) is 2. The van der Waals surface area contributed by atoms with Crippen molar-refractivity contribution in [2.45, 2.75) is 6.10 Å². The van der Waals surface area contributed by atoms with E-state index < -0.39 is 23.9 Å². The van der Waals surface area contributed by atoms with E-state index in [2.05, 4.69) is 0 Å². The van der Waals surface area contributed by atoms with Crippen LogP contribution in [0.2, 0.25) is 0 Å². The van der Waals surface area contributed by atoms with E-state index in [1.54, 1.807) is 30.3 Å². The van der Waals surface area contributed by atoms with Gasteiger partial charge in [-0.25, -0.2) is 4.79 Å². The summed E-state index contributed by atoms with van der Waals surface area (Å²) in [5.74, 6) is -2.09. The van der Waals surface area contributed by atoms with Crippen molar-refractivity contribution >= 4 is 17.8 Å². The Labute approximate surface area is 126 Å². The molecule has 2 aromatic rings. The lowest BCUT2D eigenvalue weighted by atomic mass is 10.1. The first-order valence-corrected chi connectivity index (χ1v) is 6.44. The molecule has 2 aromatic carbocycles. The molecule has 112 valence electrons. The first-order valence-electron chi connectivity index (χ1n) is 6.44. The standard InChI is InChI=1S/C16H14N2O4/c17-14(19)11-6-8-12(9-7-11)16(21)22-13(15(18)20)10-4-2-1-3-5-10/h1-9,13H,(H2,17,19)(H2,18,20)/t13-/m0/s1. The second-order valence-electron chi connectivity index (χ2n) is 4.54. The lowest BCUT2D eigenvalue weighted by molar-refractivity contribution is -0.127. The molecule has 2 rings (SSSR count). The molecule has 0 fully saturated rings. The minimum atomic E-state index is -1.18. The molecule has 1 atom stereocenters. The number of hydrogen-bond acceptors (Lipinski definition) is 4. The van der Waals surface area contributed by atoms with Crippen LogP contribution in [0.15, 0.2) is 54.6 Å². The van der Waals surface area contributed by atoms with Crippen molar-refractivity contribution in [3.05, 3.63) is 71.3 Å². The molecule has 0 spiro atoms. The Morgan fingerprint density at radius 3 is 1.86 bits per heavy atom. The number of carbonyl (C=O) groups is 3. The molecule has 6 heteroatoms. The molecule has 0 aromatic heterocycles. The summed E-state index contributed by atoms with van der Waals surface area (Å²) >= 11 is 0. The van der Waals surface area contributed by atoms with Crippen LogP contribution in [0.5, 0.6) is 0 Å². The summed E-state index contributed by atoms with van der Waals surface area (Å²) in [6.45, 7) is 0. The Balaban J connectivity index is 2.18. The van der Waals surface area contributed by atoms with Gasteiger partial charge in [-0.05, 0) is 24.3 Å². The van der Waals surface area contributed by atoms with Crippen LogP contribution in [0.1, 0.15) is 32.4 Å². The SMILES string of the molecule is NC(=O)c1ccc(C(=O)O[C@H](C(N)=O)c2ccccc2)cc1. The molecule has 22 heavy (non-hydrogen) atoms. The van der Waals surface area contributed by atoms with Gasteiger partial charge in [0.25, 0.3) is 5.91 Å². The van der Waals surface area contributed by atoms with Crippen molar-refractivity contribution in [3.63, 3.8) is 0 Å². The van der Waals surface area contributed by atoms with Crippen molar-refractivity contribution in [2.75, 3.05) is 0 Å². The van der Waals surface area contributed by atoms with Gasteiger partial charge < -0.3 is 16.2 Å². The van der Waals surface area contributed by atoms with Gasteiger partial charge in [0, 0.05) is 11.1 Å². The van der Waals surface area contributed by atoms with Crippen LogP contribution in [0.3, 0.4) is 0 Å². The van der Waals surface area contributed by atoms with Gasteiger partial charge in [-0.1, -0.05) is 30.3 Å². The number of hydrogen-bond donors (Lipinski definition) is 2. The third-order valence-electron chi connectivity index (χ3n) is 2.99.